The summed E-state index contributed by atoms with van der Waals surface area (Å²) in [5.74, 6) is 2.62. The highest BCUT2D eigenvalue weighted by atomic mass is 16.2. The van der Waals surface area contributed by atoms with Crippen molar-refractivity contribution in [3.8, 4) is 0 Å². The van der Waals surface area contributed by atoms with Crippen molar-refractivity contribution >= 4 is 11.8 Å². The van der Waals surface area contributed by atoms with Gasteiger partial charge >= 0.3 is 0 Å². The molecule has 4 rings (SSSR count). The first-order chi connectivity index (χ1) is 10.6. The summed E-state index contributed by atoms with van der Waals surface area (Å²) in [6.07, 6.45) is 9.08. The molecule has 4 saturated carbocycles. The molecule has 0 atom stereocenters. The van der Waals surface area contributed by atoms with Gasteiger partial charge in [0.1, 0.15) is 0 Å². The van der Waals surface area contributed by atoms with Crippen molar-refractivity contribution in [2.24, 2.45) is 17.8 Å². The highest BCUT2D eigenvalue weighted by molar-refractivity contribution is 5.84. The fraction of sp³-hybridized carbons (Fsp3) is 0.882. The fourth-order valence-electron chi connectivity index (χ4n) is 5.31. The Labute approximate surface area is 133 Å². The van der Waals surface area contributed by atoms with Crippen molar-refractivity contribution in [2.75, 3.05) is 19.6 Å². The van der Waals surface area contributed by atoms with Gasteiger partial charge in [-0.25, -0.2) is 0 Å². The average molecular weight is 308 g/mol. The largest absolute Gasteiger partial charge is 0.355 e. The normalized spacial score (nSPS) is 35.4. The van der Waals surface area contributed by atoms with E-state index in [1.165, 1.54) is 38.5 Å². The van der Waals surface area contributed by atoms with E-state index in [0.717, 1.165) is 24.2 Å². The lowest BCUT2D eigenvalue weighted by atomic mass is 9.53. The average Bonchev–Trinajstić information content (AvgIpc) is 2.47. The first kappa shape index (κ1) is 15.8. The predicted octanol–water partition coefficient (Wildman–Crippen LogP) is 0.161. The van der Waals surface area contributed by atoms with Crippen LogP contribution in [0.4, 0.5) is 0 Å². The second kappa shape index (κ2) is 6.57. The third-order valence-electron chi connectivity index (χ3n) is 5.82. The number of hydrogen-bond acceptors (Lipinski definition) is 2. The van der Waals surface area contributed by atoms with E-state index in [2.05, 4.69) is 16.0 Å². The summed E-state index contributed by atoms with van der Waals surface area (Å²) in [6, 6.07) is 0. The van der Waals surface area contributed by atoms with Gasteiger partial charge in [-0.05, 0) is 43.4 Å². The quantitative estimate of drug-likeness (QED) is 0.627. The molecular formula is C17H30N3O2+. The van der Waals surface area contributed by atoms with Crippen molar-refractivity contribution in [3.63, 3.8) is 0 Å². The summed E-state index contributed by atoms with van der Waals surface area (Å²) in [5.41, 5.74) is 0.330. The number of hydrogen-bond donors (Lipinski definition) is 3. The van der Waals surface area contributed by atoms with E-state index in [0.29, 0.717) is 18.6 Å². The first-order valence-corrected chi connectivity index (χ1v) is 8.96. The smallest absolute Gasteiger partial charge is 0.275 e. The minimum Gasteiger partial charge on any atom is -0.355 e. The Kier molecular flexibility index (Phi) is 4.71. The van der Waals surface area contributed by atoms with Gasteiger partial charge in [-0.3, -0.25) is 9.59 Å². The molecule has 124 valence electrons. The van der Waals surface area contributed by atoms with Crippen molar-refractivity contribution in [2.45, 2.75) is 57.4 Å². The Morgan fingerprint density at radius 3 is 2.14 bits per heavy atom. The molecule has 0 radical (unpaired) electrons. The van der Waals surface area contributed by atoms with Crippen LogP contribution in [0.2, 0.25) is 0 Å². The van der Waals surface area contributed by atoms with Crippen LogP contribution in [0.3, 0.4) is 0 Å². The number of nitrogens with one attached hydrogen (secondary N) is 2. The van der Waals surface area contributed by atoms with Gasteiger partial charge in [0.25, 0.3) is 5.91 Å². The Balaban J connectivity index is 1.41. The SMILES string of the molecule is CCCNC(=O)CNC(=O)C[NH2+]C12CC3CC(CC(C3)C1)C2. The van der Waals surface area contributed by atoms with Gasteiger partial charge in [-0.1, -0.05) is 6.92 Å². The molecule has 0 spiro atoms. The molecule has 0 aromatic heterocycles. The van der Waals surface area contributed by atoms with Gasteiger partial charge < -0.3 is 16.0 Å². The third-order valence-corrected chi connectivity index (χ3v) is 5.82. The molecule has 4 aliphatic rings. The Bertz CT molecular complexity index is 400. The van der Waals surface area contributed by atoms with Gasteiger partial charge in [-0.15, -0.1) is 0 Å². The summed E-state index contributed by atoms with van der Waals surface area (Å²) in [6.45, 7) is 3.26. The van der Waals surface area contributed by atoms with Gasteiger partial charge in [0.15, 0.2) is 6.54 Å². The molecule has 0 aromatic carbocycles. The predicted molar refractivity (Wildman–Crippen MR) is 84.0 cm³/mol. The topological polar surface area (TPSA) is 74.8 Å². The van der Waals surface area contributed by atoms with Crippen LogP contribution in [0, 0.1) is 17.8 Å². The van der Waals surface area contributed by atoms with Gasteiger partial charge in [0.05, 0.1) is 12.1 Å². The zero-order valence-electron chi connectivity index (χ0n) is 13.7. The maximum Gasteiger partial charge on any atom is 0.275 e. The van der Waals surface area contributed by atoms with E-state index < -0.39 is 0 Å². The Morgan fingerprint density at radius 2 is 1.59 bits per heavy atom. The molecule has 5 heteroatoms. The Morgan fingerprint density at radius 1 is 1.00 bits per heavy atom. The van der Waals surface area contributed by atoms with Crippen LogP contribution in [-0.4, -0.2) is 37.0 Å². The molecule has 5 nitrogen and oxygen atoms in total. The van der Waals surface area contributed by atoms with Crippen LogP contribution in [0.25, 0.3) is 0 Å². The molecule has 0 aliphatic heterocycles. The maximum absolute atomic E-state index is 12.0. The van der Waals surface area contributed by atoms with Crippen LogP contribution in [0.5, 0.6) is 0 Å². The minimum atomic E-state index is -0.0926. The minimum absolute atomic E-state index is 0.0117. The van der Waals surface area contributed by atoms with Gasteiger partial charge in [0, 0.05) is 25.8 Å². The standard InChI is InChI=1S/C17H29N3O2/c1-2-3-18-15(21)10-19-16(22)11-20-17-7-12-4-13(8-17)6-14(5-12)9-17/h12-14,20H,2-11H2,1H3,(H,18,21)(H,19,22)/p+1. The maximum atomic E-state index is 12.0. The van der Waals surface area contributed by atoms with Crippen LogP contribution in [0.15, 0.2) is 0 Å². The van der Waals surface area contributed by atoms with E-state index in [-0.39, 0.29) is 18.4 Å². The summed E-state index contributed by atoms with van der Waals surface area (Å²) in [4.78, 5) is 23.5. The van der Waals surface area contributed by atoms with Gasteiger partial charge in [-0.2, -0.15) is 0 Å². The molecule has 4 fully saturated rings. The zero-order chi connectivity index (χ0) is 15.6. The van der Waals surface area contributed by atoms with Crippen molar-refractivity contribution in [1.29, 1.82) is 0 Å². The molecule has 4 bridgehead atoms. The summed E-state index contributed by atoms with van der Waals surface area (Å²) >= 11 is 0. The fourth-order valence-corrected chi connectivity index (χ4v) is 5.31. The van der Waals surface area contributed by atoms with Crippen molar-refractivity contribution in [1.82, 2.24) is 10.6 Å². The molecule has 0 saturated heterocycles. The zero-order valence-corrected chi connectivity index (χ0v) is 13.7. The van der Waals surface area contributed by atoms with E-state index in [1.54, 1.807) is 0 Å². The van der Waals surface area contributed by atoms with E-state index in [1.807, 2.05) is 6.92 Å². The number of rotatable bonds is 7. The highest BCUT2D eigenvalue weighted by Gasteiger charge is 2.53. The second-order valence-electron chi connectivity index (χ2n) is 7.81. The van der Waals surface area contributed by atoms with E-state index >= 15 is 0 Å². The molecular weight excluding hydrogens is 278 g/mol. The van der Waals surface area contributed by atoms with Crippen molar-refractivity contribution < 1.29 is 14.9 Å². The molecule has 0 heterocycles. The third kappa shape index (κ3) is 3.62. The second-order valence-corrected chi connectivity index (χ2v) is 7.81. The molecule has 4 N–H and O–H groups in total. The number of amides is 2. The van der Waals surface area contributed by atoms with Crippen LogP contribution < -0.4 is 16.0 Å². The number of quaternary nitrogens is 1. The lowest BCUT2D eigenvalue weighted by molar-refractivity contribution is -0.730. The molecule has 0 aromatic rings. The molecule has 2 amide bonds. The summed E-state index contributed by atoms with van der Waals surface area (Å²) in [5, 5.41) is 7.80. The Hall–Kier alpha value is -1.10. The van der Waals surface area contributed by atoms with Crippen LogP contribution >= 0.6 is 0 Å². The first-order valence-electron chi connectivity index (χ1n) is 8.96. The number of carbonyl (C=O) groups excluding carboxylic acids is 2. The lowest BCUT2D eigenvalue weighted by Crippen LogP contribution is -3.00. The lowest BCUT2D eigenvalue weighted by Gasteiger charge is -2.54. The number of carbonyl (C=O) groups is 2. The van der Waals surface area contributed by atoms with E-state index in [4.69, 9.17) is 0 Å². The van der Waals surface area contributed by atoms with E-state index in [9.17, 15) is 9.59 Å². The van der Waals surface area contributed by atoms with Crippen LogP contribution in [-0.2, 0) is 9.59 Å². The van der Waals surface area contributed by atoms with Crippen LogP contribution in [0.1, 0.15) is 51.9 Å². The highest BCUT2D eigenvalue weighted by Crippen LogP contribution is 2.54. The molecule has 0 unspecified atom stereocenters. The van der Waals surface area contributed by atoms with Gasteiger partial charge in [0.2, 0.25) is 5.91 Å². The molecule has 4 aliphatic carbocycles. The molecule has 22 heavy (non-hydrogen) atoms. The monoisotopic (exact) mass is 308 g/mol. The summed E-state index contributed by atoms with van der Waals surface area (Å²) < 4.78 is 0. The number of nitrogens with two attached hydrogens (primary N) is 1. The van der Waals surface area contributed by atoms with Crippen molar-refractivity contribution in [3.05, 3.63) is 0 Å². The summed E-state index contributed by atoms with van der Waals surface area (Å²) in [7, 11) is 0.